The van der Waals surface area contributed by atoms with Gasteiger partial charge >= 0.3 is 6.18 Å². The molecule has 0 amide bonds. The van der Waals surface area contributed by atoms with E-state index in [1.54, 1.807) is 11.7 Å². The summed E-state index contributed by atoms with van der Waals surface area (Å²) in [7, 11) is 1.69. The minimum absolute atomic E-state index is 0.265. The first-order valence-corrected chi connectivity index (χ1v) is 6.58. The number of hydrogen-bond acceptors (Lipinski definition) is 3. The molecule has 5 nitrogen and oxygen atoms in total. The number of nitrogens with one attached hydrogen (secondary N) is 1. The molecule has 0 saturated heterocycles. The Morgan fingerprint density at radius 1 is 1.33 bits per heavy atom. The fraction of sp³-hybridized carbons (Fsp3) is 0.538. The third-order valence-electron chi connectivity index (χ3n) is 3.13. The molecule has 2 aromatic rings. The molecule has 0 fully saturated rings. The first-order chi connectivity index (χ1) is 9.70. The van der Waals surface area contributed by atoms with E-state index < -0.39 is 11.7 Å². The predicted octanol–water partition coefficient (Wildman–Crippen LogP) is 2.43. The number of alkyl halides is 3. The monoisotopic (exact) mass is 301 g/mol. The summed E-state index contributed by atoms with van der Waals surface area (Å²) in [6.45, 7) is 6.35. The highest BCUT2D eigenvalue weighted by Gasteiger charge is 2.32. The van der Waals surface area contributed by atoms with Gasteiger partial charge in [-0.15, -0.1) is 0 Å². The van der Waals surface area contributed by atoms with Crippen LogP contribution in [0.15, 0.2) is 12.4 Å². The average molecular weight is 301 g/mol. The summed E-state index contributed by atoms with van der Waals surface area (Å²) in [5, 5.41) is 11.3. The van der Waals surface area contributed by atoms with Gasteiger partial charge in [-0.05, 0) is 6.92 Å². The van der Waals surface area contributed by atoms with Crippen molar-refractivity contribution < 1.29 is 13.2 Å². The Morgan fingerprint density at radius 3 is 2.52 bits per heavy atom. The van der Waals surface area contributed by atoms with E-state index in [-0.39, 0.29) is 6.04 Å². The topological polar surface area (TPSA) is 47.7 Å². The van der Waals surface area contributed by atoms with E-state index in [2.05, 4.69) is 15.5 Å². The highest BCUT2D eigenvalue weighted by Crippen LogP contribution is 2.29. The molecular weight excluding hydrogens is 283 g/mol. The number of rotatable bonds is 4. The SMILES string of the molecule is Cc1nn(C)c(-n2cc(C(F)(F)F)cn2)c1CNC(C)C. The van der Waals surface area contributed by atoms with Crippen LogP contribution in [0, 0.1) is 6.92 Å². The molecule has 0 aliphatic rings. The maximum Gasteiger partial charge on any atom is 0.419 e. The van der Waals surface area contributed by atoms with Gasteiger partial charge in [0.25, 0.3) is 0 Å². The van der Waals surface area contributed by atoms with Gasteiger partial charge in [-0.1, -0.05) is 13.8 Å². The number of halogens is 3. The number of aryl methyl sites for hydroxylation is 2. The zero-order chi connectivity index (χ0) is 15.8. The van der Waals surface area contributed by atoms with Crippen molar-refractivity contribution in [2.24, 2.45) is 7.05 Å². The van der Waals surface area contributed by atoms with Crippen LogP contribution < -0.4 is 5.32 Å². The molecule has 0 saturated carbocycles. The van der Waals surface area contributed by atoms with Crippen LogP contribution in [0.5, 0.6) is 0 Å². The Labute approximate surface area is 120 Å². The molecule has 0 aliphatic heterocycles. The predicted molar refractivity (Wildman–Crippen MR) is 72.0 cm³/mol. The van der Waals surface area contributed by atoms with Crippen molar-refractivity contribution in [1.82, 2.24) is 24.9 Å². The van der Waals surface area contributed by atoms with Gasteiger partial charge in [-0.2, -0.15) is 23.4 Å². The van der Waals surface area contributed by atoms with Crippen LogP contribution >= 0.6 is 0 Å². The molecule has 116 valence electrons. The van der Waals surface area contributed by atoms with Crippen LogP contribution in [0.4, 0.5) is 13.2 Å². The van der Waals surface area contributed by atoms with Crippen molar-refractivity contribution in [1.29, 1.82) is 0 Å². The van der Waals surface area contributed by atoms with Crippen molar-refractivity contribution in [3.8, 4) is 5.82 Å². The van der Waals surface area contributed by atoms with Crippen molar-refractivity contribution in [2.45, 2.75) is 39.5 Å². The van der Waals surface area contributed by atoms with Gasteiger partial charge in [-0.3, -0.25) is 4.68 Å². The van der Waals surface area contributed by atoms with E-state index in [9.17, 15) is 13.2 Å². The molecule has 8 heteroatoms. The van der Waals surface area contributed by atoms with E-state index in [0.29, 0.717) is 12.4 Å². The Morgan fingerprint density at radius 2 is 2.00 bits per heavy atom. The molecule has 21 heavy (non-hydrogen) atoms. The standard InChI is InChI=1S/C13H18F3N5/c1-8(2)17-6-11-9(3)19-20(4)12(11)21-7-10(5-18-21)13(14,15)16/h5,7-8,17H,6H2,1-4H3. The summed E-state index contributed by atoms with van der Waals surface area (Å²) >= 11 is 0. The van der Waals surface area contributed by atoms with E-state index >= 15 is 0 Å². The normalized spacial score (nSPS) is 12.4. The second-order valence-electron chi connectivity index (χ2n) is 5.22. The second kappa shape index (κ2) is 5.51. The molecule has 0 aromatic carbocycles. The first-order valence-electron chi connectivity index (χ1n) is 6.58. The maximum atomic E-state index is 12.7. The average Bonchev–Trinajstić information content (AvgIpc) is 2.90. The summed E-state index contributed by atoms with van der Waals surface area (Å²) in [6, 6.07) is 0.265. The Hall–Kier alpha value is -1.83. The van der Waals surface area contributed by atoms with E-state index in [0.717, 1.165) is 23.7 Å². The van der Waals surface area contributed by atoms with Gasteiger partial charge < -0.3 is 5.32 Å². The summed E-state index contributed by atoms with van der Waals surface area (Å²) in [5.74, 6) is 0.538. The van der Waals surface area contributed by atoms with Crippen molar-refractivity contribution in [3.63, 3.8) is 0 Å². The zero-order valence-electron chi connectivity index (χ0n) is 12.4. The molecule has 2 aromatic heterocycles. The molecular formula is C13H18F3N5. The number of aromatic nitrogens is 4. The van der Waals surface area contributed by atoms with Gasteiger partial charge in [0.2, 0.25) is 0 Å². The summed E-state index contributed by atoms with van der Waals surface area (Å²) < 4.78 is 40.8. The number of nitrogens with zero attached hydrogens (tertiary/aromatic N) is 4. The Balaban J connectivity index is 2.41. The van der Waals surface area contributed by atoms with Crippen molar-refractivity contribution in [3.05, 3.63) is 29.2 Å². The van der Waals surface area contributed by atoms with Crippen molar-refractivity contribution in [2.75, 3.05) is 0 Å². The Bertz CT molecular complexity index is 624. The molecule has 0 unspecified atom stereocenters. The van der Waals surface area contributed by atoms with Crippen molar-refractivity contribution >= 4 is 0 Å². The minimum Gasteiger partial charge on any atom is -0.310 e. The fourth-order valence-corrected chi connectivity index (χ4v) is 2.07. The fourth-order valence-electron chi connectivity index (χ4n) is 2.07. The lowest BCUT2D eigenvalue weighted by molar-refractivity contribution is -0.137. The lowest BCUT2D eigenvalue weighted by Gasteiger charge is -2.10. The van der Waals surface area contributed by atoms with Crippen LogP contribution in [0.2, 0.25) is 0 Å². The van der Waals surface area contributed by atoms with E-state index in [1.165, 1.54) is 4.68 Å². The van der Waals surface area contributed by atoms with Crippen LogP contribution in [-0.4, -0.2) is 25.6 Å². The molecule has 1 N–H and O–H groups in total. The highest BCUT2D eigenvalue weighted by atomic mass is 19.4. The van der Waals surface area contributed by atoms with Gasteiger partial charge in [0.15, 0.2) is 5.82 Å². The van der Waals surface area contributed by atoms with Crippen LogP contribution in [0.25, 0.3) is 5.82 Å². The largest absolute Gasteiger partial charge is 0.419 e. The molecule has 0 bridgehead atoms. The Kier molecular flexibility index (Phi) is 4.08. The molecule has 0 radical (unpaired) electrons. The lowest BCUT2D eigenvalue weighted by Crippen LogP contribution is -2.23. The third kappa shape index (κ3) is 3.26. The van der Waals surface area contributed by atoms with Crippen LogP contribution in [0.3, 0.4) is 0 Å². The second-order valence-corrected chi connectivity index (χ2v) is 5.22. The molecule has 2 heterocycles. The van der Waals surface area contributed by atoms with Gasteiger partial charge in [-0.25, -0.2) is 4.68 Å². The minimum atomic E-state index is -4.40. The zero-order valence-corrected chi connectivity index (χ0v) is 12.4. The molecule has 0 atom stereocenters. The van der Waals surface area contributed by atoms with E-state index in [1.807, 2.05) is 20.8 Å². The smallest absolute Gasteiger partial charge is 0.310 e. The van der Waals surface area contributed by atoms with Gasteiger partial charge in [0.1, 0.15) is 0 Å². The molecule has 0 spiro atoms. The third-order valence-corrected chi connectivity index (χ3v) is 3.13. The summed E-state index contributed by atoms with van der Waals surface area (Å²) in [4.78, 5) is 0. The van der Waals surface area contributed by atoms with Gasteiger partial charge in [0.05, 0.1) is 17.5 Å². The summed E-state index contributed by atoms with van der Waals surface area (Å²) in [6.07, 6.45) is -2.60. The molecule has 2 rings (SSSR count). The van der Waals surface area contributed by atoms with E-state index in [4.69, 9.17) is 0 Å². The lowest BCUT2D eigenvalue weighted by atomic mass is 10.2. The highest BCUT2D eigenvalue weighted by molar-refractivity contribution is 5.38. The van der Waals surface area contributed by atoms with Crippen LogP contribution in [-0.2, 0) is 19.8 Å². The van der Waals surface area contributed by atoms with Crippen LogP contribution in [0.1, 0.15) is 30.7 Å². The maximum absolute atomic E-state index is 12.7. The molecule has 0 aliphatic carbocycles. The van der Waals surface area contributed by atoms with Gasteiger partial charge in [0, 0.05) is 31.4 Å². The first kappa shape index (κ1) is 15.6. The quantitative estimate of drug-likeness (QED) is 0.943. The number of hydrogen-bond donors (Lipinski definition) is 1. The summed E-state index contributed by atoms with van der Waals surface area (Å²) in [5.41, 5.74) is 0.830.